The quantitative estimate of drug-likeness (QED) is 0.441. The fourth-order valence-electron chi connectivity index (χ4n) is 1.71. The van der Waals surface area contributed by atoms with Crippen molar-refractivity contribution in [3.05, 3.63) is 45.3 Å². The molecular weight excluding hydrogens is 212 g/mol. The summed E-state index contributed by atoms with van der Waals surface area (Å²) >= 11 is 5.88. The lowest BCUT2D eigenvalue weighted by molar-refractivity contribution is 0.142. The lowest BCUT2D eigenvalue weighted by Crippen LogP contribution is -2.48. The maximum absolute atomic E-state index is 8.24. The molecule has 1 heterocycles. The Hall–Kier alpha value is -1.22. The Morgan fingerprint density at radius 3 is 3.00 bits per heavy atom. The molecule has 0 atom stereocenters. The number of benzene rings is 1. The molecule has 1 saturated heterocycles. The van der Waals surface area contributed by atoms with Gasteiger partial charge in [0.05, 0.1) is 6.04 Å². The third kappa shape index (κ3) is 2.63. The Bertz CT molecular complexity index is 394. The van der Waals surface area contributed by atoms with Gasteiger partial charge >= 0.3 is 0 Å². The SMILES string of the molecule is [N-]=[N+]=NC1CN(Cc2cccc(Cl)c2)C1. The number of nitrogens with zero attached hydrogens (tertiary/aromatic N) is 4. The summed E-state index contributed by atoms with van der Waals surface area (Å²) in [6.07, 6.45) is 0. The Morgan fingerprint density at radius 2 is 2.33 bits per heavy atom. The summed E-state index contributed by atoms with van der Waals surface area (Å²) in [6.45, 7) is 2.56. The molecule has 0 N–H and O–H groups in total. The van der Waals surface area contributed by atoms with E-state index >= 15 is 0 Å². The highest BCUT2D eigenvalue weighted by molar-refractivity contribution is 6.30. The molecule has 0 bridgehead atoms. The Morgan fingerprint density at radius 1 is 1.53 bits per heavy atom. The molecule has 1 aromatic rings. The van der Waals surface area contributed by atoms with Crippen LogP contribution in [0.3, 0.4) is 0 Å². The molecule has 0 saturated carbocycles. The molecule has 1 aliphatic rings. The maximum Gasteiger partial charge on any atom is 0.0628 e. The second-order valence-electron chi connectivity index (χ2n) is 3.68. The summed E-state index contributed by atoms with van der Waals surface area (Å²) < 4.78 is 0. The Kier molecular flexibility index (Phi) is 3.11. The van der Waals surface area contributed by atoms with Gasteiger partial charge in [-0.05, 0) is 23.2 Å². The molecule has 0 aromatic heterocycles. The number of hydrogen-bond acceptors (Lipinski definition) is 2. The summed E-state index contributed by atoms with van der Waals surface area (Å²) in [7, 11) is 0. The zero-order valence-corrected chi connectivity index (χ0v) is 8.93. The molecule has 4 nitrogen and oxygen atoms in total. The first-order chi connectivity index (χ1) is 7.28. The van der Waals surface area contributed by atoms with Crippen LogP contribution in [0.5, 0.6) is 0 Å². The van der Waals surface area contributed by atoms with E-state index < -0.39 is 0 Å². The van der Waals surface area contributed by atoms with Crippen molar-refractivity contribution in [3.63, 3.8) is 0 Å². The molecule has 1 aromatic carbocycles. The normalized spacial score (nSPS) is 16.9. The van der Waals surface area contributed by atoms with Crippen molar-refractivity contribution >= 4 is 11.6 Å². The highest BCUT2D eigenvalue weighted by atomic mass is 35.5. The summed E-state index contributed by atoms with van der Waals surface area (Å²) in [4.78, 5) is 5.02. The molecule has 2 rings (SSSR count). The molecule has 0 aliphatic carbocycles. The van der Waals surface area contributed by atoms with E-state index in [2.05, 4.69) is 14.9 Å². The minimum absolute atomic E-state index is 0.147. The van der Waals surface area contributed by atoms with Crippen LogP contribution < -0.4 is 0 Å². The third-order valence-electron chi connectivity index (χ3n) is 2.45. The first kappa shape index (κ1) is 10.3. The van der Waals surface area contributed by atoms with Gasteiger partial charge in [-0.3, -0.25) is 4.90 Å². The van der Waals surface area contributed by atoms with Crippen LogP contribution in [0.1, 0.15) is 5.56 Å². The van der Waals surface area contributed by atoms with Crippen LogP contribution >= 0.6 is 11.6 Å². The smallest absolute Gasteiger partial charge is 0.0628 e. The molecule has 0 radical (unpaired) electrons. The van der Waals surface area contributed by atoms with Gasteiger partial charge in [0.15, 0.2) is 0 Å². The van der Waals surface area contributed by atoms with Gasteiger partial charge in [-0.2, -0.15) is 0 Å². The minimum atomic E-state index is 0.147. The largest absolute Gasteiger partial charge is 0.298 e. The van der Waals surface area contributed by atoms with Crippen molar-refractivity contribution in [1.82, 2.24) is 4.90 Å². The Labute approximate surface area is 93.1 Å². The van der Waals surface area contributed by atoms with E-state index in [0.29, 0.717) is 0 Å². The van der Waals surface area contributed by atoms with Gasteiger partial charge in [-0.25, -0.2) is 0 Å². The van der Waals surface area contributed by atoms with E-state index in [-0.39, 0.29) is 6.04 Å². The van der Waals surface area contributed by atoms with Gasteiger partial charge < -0.3 is 0 Å². The number of rotatable bonds is 3. The Balaban J connectivity index is 1.87. The van der Waals surface area contributed by atoms with Gasteiger partial charge in [0, 0.05) is 29.6 Å². The topological polar surface area (TPSA) is 52.0 Å². The molecule has 0 spiro atoms. The minimum Gasteiger partial charge on any atom is -0.298 e. The second kappa shape index (κ2) is 4.53. The zero-order valence-electron chi connectivity index (χ0n) is 8.17. The van der Waals surface area contributed by atoms with E-state index in [0.717, 1.165) is 24.7 Å². The molecule has 78 valence electrons. The predicted molar refractivity (Wildman–Crippen MR) is 59.7 cm³/mol. The zero-order chi connectivity index (χ0) is 10.7. The van der Waals surface area contributed by atoms with Crippen LogP contribution in [0.25, 0.3) is 10.4 Å². The molecular formula is C10H11ClN4. The van der Waals surface area contributed by atoms with Crippen LogP contribution in [0.15, 0.2) is 29.4 Å². The summed E-state index contributed by atoms with van der Waals surface area (Å²) in [5.41, 5.74) is 9.43. The number of azide groups is 1. The first-order valence-electron chi connectivity index (χ1n) is 4.79. The standard InChI is InChI=1S/C10H11ClN4/c11-9-3-1-2-8(4-9)5-15-6-10(7-15)13-14-12/h1-4,10H,5-7H2. The lowest BCUT2D eigenvalue weighted by Gasteiger charge is -2.36. The average Bonchev–Trinajstić information content (AvgIpc) is 2.15. The molecule has 0 amide bonds. The monoisotopic (exact) mass is 222 g/mol. The summed E-state index contributed by atoms with van der Waals surface area (Å²) in [5, 5.41) is 4.42. The summed E-state index contributed by atoms with van der Waals surface area (Å²) in [6, 6.07) is 7.97. The van der Waals surface area contributed by atoms with Gasteiger partial charge in [-0.15, -0.1) is 0 Å². The van der Waals surface area contributed by atoms with Crippen LogP contribution in [0.2, 0.25) is 5.02 Å². The first-order valence-corrected chi connectivity index (χ1v) is 5.17. The van der Waals surface area contributed by atoms with E-state index in [9.17, 15) is 0 Å². The lowest BCUT2D eigenvalue weighted by atomic mass is 10.1. The highest BCUT2D eigenvalue weighted by Crippen LogP contribution is 2.17. The third-order valence-corrected chi connectivity index (χ3v) is 2.68. The van der Waals surface area contributed by atoms with E-state index in [1.807, 2.05) is 24.3 Å². The van der Waals surface area contributed by atoms with Crippen LogP contribution in [-0.4, -0.2) is 24.0 Å². The van der Waals surface area contributed by atoms with Crippen molar-refractivity contribution in [2.75, 3.05) is 13.1 Å². The van der Waals surface area contributed by atoms with Crippen molar-refractivity contribution < 1.29 is 0 Å². The van der Waals surface area contributed by atoms with Crippen molar-refractivity contribution in [2.45, 2.75) is 12.6 Å². The molecule has 1 aliphatic heterocycles. The van der Waals surface area contributed by atoms with Crippen LogP contribution in [0.4, 0.5) is 0 Å². The van der Waals surface area contributed by atoms with Crippen LogP contribution in [-0.2, 0) is 6.54 Å². The van der Waals surface area contributed by atoms with Crippen molar-refractivity contribution in [2.24, 2.45) is 5.11 Å². The fourth-order valence-corrected chi connectivity index (χ4v) is 1.92. The van der Waals surface area contributed by atoms with Crippen molar-refractivity contribution in [1.29, 1.82) is 0 Å². The van der Waals surface area contributed by atoms with E-state index in [1.54, 1.807) is 0 Å². The van der Waals surface area contributed by atoms with E-state index in [4.69, 9.17) is 17.1 Å². The average molecular weight is 223 g/mol. The van der Waals surface area contributed by atoms with E-state index in [1.165, 1.54) is 5.56 Å². The maximum atomic E-state index is 8.24. The predicted octanol–water partition coefficient (Wildman–Crippen LogP) is 2.83. The van der Waals surface area contributed by atoms with Crippen LogP contribution in [0, 0.1) is 0 Å². The summed E-state index contributed by atoms with van der Waals surface area (Å²) in [5.74, 6) is 0. The van der Waals surface area contributed by atoms with Gasteiger partial charge in [0.1, 0.15) is 0 Å². The molecule has 1 fully saturated rings. The number of likely N-dealkylation sites (tertiary alicyclic amines) is 1. The second-order valence-corrected chi connectivity index (χ2v) is 4.12. The highest BCUT2D eigenvalue weighted by Gasteiger charge is 2.25. The van der Waals surface area contributed by atoms with Gasteiger partial charge in [0.25, 0.3) is 0 Å². The van der Waals surface area contributed by atoms with Crippen molar-refractivity contribution in [3.8, 4) is 0 Å². The van der Waals surface area contributed by atoms with Gasteiger partial charge in [-0.1, -0.05) is 28.8 Å². The molecule has 0 unspecified atom stereocenters. The van der Waals surface area contributed by atoms with Gasteiger partial charge in [0.2, 0.25) is 0 Å². The number of hydrogen-bond donors (Lipinski definition) is 0. The number of halogens is 1. The molecule has 5 heteroatoms. The molecule has 15 heavy (non-hydrogen) atoms. The fraction of sp³-hybridized carbons (Fsp3) is 0.400.